The molecular weight excluding hydrogens is 270 g/mol. The van der Waals surface area contributed by atoms with E-state index in [1.807, 2.05) is 6.92 Å². The Kier molecular flexibility index (Phi) is 6.02. The van der Waals surface area contributed by atoms with E-state index in [1.54, 1.807) is 32.3 Å². The third kappa shape index (κ3) is 4.37. The van der Waals surface area contributed by atoms with Crippen LogP contribution in [-0.4, -0.2) is 55.9 Å². The Bertz CT molecular complexity index is 515. The SMILES string of the molecule is CCCN(CC(=O)N(C)C)C(=O)c1cc(OC)ccc1N. The van der Waals surface area contributed by atoms with Crippen molar-refractivity contribution >= 4 is 17.5 Å². The van der Waals surface area contributed by atoms with Gasteiger partial charge in [-0.3, -0.25) is 9.59 Å². The first-order chi connectivity index (χ1) is 9.90. The van der Waals surface area contributed by atoms with Gasteiger partial charge in [0.1, 0.15) is 12.3 Å². The Labute approximate surface area is 125 Å². The van der Waals surface area contributed by atoms with Crippen molar-refractivity contribution < 1.29 is 14.3 Å². The summed E-state index contributed by atoms with van der Waals surface area (Å²) in [5.41, 5.74) is 6.60. The highest BCUT2D eigenvalue weighted by Gasteiger charge is 2.21. The molecule has 0 heterocycles. The van der Waals surface area contributed by atoms with E-state index < -0.39 is 0 Å². The lowest BCUT2D eigenvalue weighted by atomic mass is 10.1. The fourth-order valence-electron chi connectivity index (χ4n) is 1.84. The smallest absolute Gasteiger partial charge is 0.256 e. The largest absolute Gasteiger partial charge is 0.497 e. The Hall–Kier alpha value is -2.24. The summed E-state index contributed by atoms with van der Waals surface area (Å²) in [7, 11) is 4.85. The maximum absolute atomic E-state index is 12.6. The third-order valence-corrected chi connectivity index (χ3v) is 3.10. The minimum atomic E-state index is -0.261. The molecule has 0 aliphatic rings. The maximum Gasteiger partial charge on any atom is 0.256 e. The number of methoxy groups -OCH3 is 1. The number of hydrogen-bond acceptors (Lipinski definition) is 4. The van der Waals surface area contributed by atoms with E-state index in [0.717, 1.165) is 6.42 Å². The first-order valence-electron chi connectivity index (χ1n) is 6.83. The molecule has 0 aliphatic heterocycles. The van der Waals surface area contributed by atoms with Crippen molar-refractivity contribution in [3.05, 3.63) is 23.8 Å². The molecule has 21 heavy (non-hydrogen) atoms. The molecule has 0 spiro atoms. The van der Waals surface area contributed by atoms with E-state index >= 15 is 0 Å². The number of amides is 2. The summed E-state index contributed by atoms with van der Waals surface area (Å²) in [6.07, 6.45) is 0.760. The number of rotatable bonds is 6. The highest BCUT2D eigenvalue weighted by Crippen LogP contribution is 2.21. The molecule has 116 valence electrons. The molecule has 2 amide bonds. The molecular formula is C15H23N3O3. The van der Waals surface area contributed by atoms with Gasteiger partial charge in [-0.05, 0) is 24.6 Å². The Morgan fingerprint density at radius 1 is 1.29 bits per heavy atom. The number of benzene rings is 1. The second kappa shape index (κ2) is 7.52. The quantitative estimate of drug-likeness (QED) is 0.800. The summed E-state index contributed by atoms with van der Waals surface area (Å²) in [6.45, 7) is 2.49. The van der Waals surface area contributed by atoms with Crippen LogP contribution >= 0.6 is 0 Å². The van der Waals surface area contributed by atoms with Gasteiger partial charge in [-0.1, -0.05) is 6.92 Å². The van der Waals surface area contributed by atoms with E-state index in [-0.39, 0.29) is 18.4 Å². The lowest BCUT2D eigenvalue weighted by Crippen LogP contribution is -2.40. The number of nitrogens with zero attached hydrogens (tertiary/aromatic N) is 2. The number of carbonyl (C=O) groups is 2. The van der Waals surface area contributed by atoms with E-state index in [0.29, 0.717) is 23.5 Å². The van der Waals surface area contributed by atoms with Crippen molar-refractivity contribution in [1.82, 2.24) is 9.80 Å². The normalized spacial score (nSPS) is 10.1. The van der Waals surface area contributed by atoms with Gasteiger partial charge in [0, 0.05) is 26.3 Å². The second-order valence-corrected chi connectivity index (χ2v) is 4.97. The monoisotopic (exact) mass is 293 g/mol. The Morgan fingerprint density at radius 2 is 1.95 bits per heavy atom. The molecule has 1 aromatic carbocycles. The highest BCUT2D eigenvalue weighted by atomic mass is 16.5. The summed E-state index contributed by atoms with van der Waals surface area (Å²) in [4.78, 5) is 27.4. The molecule has 6 nitrogen and oxygen atoms in total. The lowest BCUT2D eigenvalue weighted by molar-refractivity contribution is -0.129. The van der Waals surface area contributed by atoms with Crippen LogP contribution in [0.15, 0.2) is 18.2 Å². The van der Waals surface area contributed by atoms with E-state index in [2.05, 4.69) is 0 Å². The van der Waals surface area contributed by atoms with Gasteiger partial charge in [-0.25, -0.2) is 0 Å². The van der Waals surface area contributed by atoms with Crippen LogP contribution in [0.25, 0.3) is 0 Å². The molecule has 1 rings (SSSR count). The van der Waals surface area contributed by atoms with Crippen LogP contribution in [0.5, 0.6) is 5.75 Å². The molecule has 0 saturated heterocycles. The highest BCUT2D eigenvalue weighted by molar-refractivity contribution is 6.01. The van der Waals surface area contributed by atoms with Gasteiger partial charge in [-0.15, -0.1) is 0 Å². The number of anilines is 1. The summed E-state index contributed by atoms with van der Waals surface area (Å²) in [5, 5.41) is 0. The minimum absolute atomic E-state index is 0.0380. The first-order valence-corrected chi connectivity index (χ1v) is 6.83. The van der Waals surface area contributed by atoms with Crippen LogP contribution in [0.2, 0.25) is 0 Å². The number of carbonyl (C=O) groups excluding carboxylic acids is 2. The molecule has 2 N–H and O–H groups in total. The van der Waals surface area contributed by atoms with Crippen LogP contribution in [0.1, 0.15) is 23.7 Å². The van der Waals surface area contributed by atoms with E-state index in [4.69, 9.17) is 10.5 Å². The summed E-state index contributed by atoms with van der Waals surface area (Å²) in [6, 6.07) is 4.92. The topological polar surface area (TPSA) is 75.9 Å². The van der Waals surface area contributed by atoms with Crippen LogP contribution in [0.4, 0.5) is 5.69 Å². The molecule has 0 radical (unpaired) electrons. The summed E-state index contributed by atoms with van der Waals surface area (Å²) < 4.78 is 5.12. The number of hydrogen-bond donors (Lipinski definition) is 1. The number of likely N-dealkylation sites (N-methyl/N-ethyl adjacent to an activating group) is 1. The molecule has 0 aliphatic carbocycles. The van der Waals surface area contributed by atoms with E-state index in [1.165, 1.54) is 16.9 Å². The van der Waals surface area contributed by atoms with Gasteiger partial charge in [0.2, 0.25) is 5.91 Å². The maximum atomic E-state index is 12.6. The zero-order valence-electron chi connectivity index (χ0n) is 13.0. The number of nitrogen functional groups attached to an aromatic ring is 1. The van der Waals surface area contributed by atoms with Crippen molar-refractivity contribution in [1.29, 1.82) is 0 Å². The third-order valence-electron chi connectivity index (χ3n) is 3.10. The molecule has 0 bridgehead atoms. The van der Waals surface area contributed by atoms with Crippen molar-refractivity contribution in [2.45, 2.75) is 13.3 Å². The van der Waals surface area contributed by atoms with Crippen molar-refractivity contribution in [2.75, 3.05) is 40.0 Å². The van der Waals surface area contributed by atoms with Crippen molar-refractivity contribution in [3.63, 3.8) is 0 Å². The van der Waals surface area contributed by atoms with Gasteiger partial charge in [-0.2, -0.15) is 0 Å². The molecule has 0 unspecified atom stereocenters. The minimum Gasteiger partial charge on any atom is -0.497 e. The molecule has 1 aromatic rings. The van der Waals surface area contributed by atoms with Crippen LogP contribution in [0, 0.1) is 0 Å². The standard InChI is InChI=1S/C15H23N3O3/c1-5-8-18(10-14(19)17(2)3)15(20)12-9-11(21-4)6-7-13(12)16/h6-7,9H,5,8,10,16H2,1-4H3. The zero-order valence-corrected chi connectivity index (χ0v) is 13.0. The lowest BCUT2D eigenvalue weighted by Gasteiger charge is -2.24. The van der Waals surface area contributed by atoms with Crippen molar-refractivity contribution in [2.24, 2.45) is 0 Å². The molecule has 0 fully saturated rings. The molecule has 0 atom stereocenters. The predicted octanol–water partition coefficient (Wildman–Crippen LogP) is 1.22. The van der Waals surface area contributed by atoms with Crippen LogP contribution in [0.3, 0.4) is 0 Å². The second-order valence-electron chi connectivity index (χ2n) is 4.97. The fourth-order valence-corrected chi connectivity index (χ4v) is 1.84. The zero-order chi connectivity index (χ0) is 16.0. The van der Waals surface area contributed by atoms with Crippen LogP contribution < -0.4 is 10.5 Å². The predicted molar refractivity (Wildman–Crippen MR) is 82.3 cm³/mol. The fraction of sp³-hybridized carbons (Fsp3) is 0.467. The average molecular weight is 293 g/mol. The van der Waals surface area contributed by atoms with Gasteiger partial charge >= 0.3 is 0 Å². The molecule has 6 heteroatoms. The van der Waals surface area contributed by atoms with Gasteiger partial charge in [0.15, 0.2) is 0 Å². The number of ether oxygens (including phenoxy) is 1. The molecule has 0 aromatic heterocycles. The van der Waals surface area contributed by atoms with Gasteiger partial charge in [0.25, 0.3) is 5.91 Å². The van der Waals surface area contributed by atoms with Crippen molar-refractivity contribution in [3.8, 4) is 5.75 Å². The Morgan fingerprint density at radius 3 is 2.48 bits per heavy atom. The van der Waals surface area contributed by atoms with E-state index in [9.17, 15) is 9.59 Å². The number of nitrogens with two attached hydrogens (primary N) is 1. The van der Waals surface area contributed by atoms with Crippen LogP contribution in [-0.2, 0) is 4.79 Å². The molecule has 0 saturated carbocycles. The Balaban J connectivity index is 3.02. The summed E-state index contributed by atoms with van der Waals surface area (Å²) in [5.74, 6) is 0.171. The summed E-state index contributed by atoms with van der Waals surface area (Å²) >= 11 is 0. The average Bonchev–Trinajstić information content (AvgIpc) is 2.46. The first kappa shape index (κ1) is 16.8. The van der Waals surface area contributed by atoms with Gasteiger partial charge < -0.3 is 20.3 Å². The van der Waals surface area contributed by atoms with Gasteiger partial charge in [0.05, 0.1) is 12.7 Å².